The van der Waals surface area contributed by atoms with Gasteiger partial charge in [-0.15, -0.1) is 12.4 Å². The van der Waals surface area contributed by atoms with Crippen molar-refractivity contribution in [1.29, 1.82) is 0 Å². The molecule has 1 fully saturated rings. The van der Waals surface area contributed by atoms with Crippen molar-refractivity contribution < 1.29 is 23.7 Å². The number of methoxy groups -OCH3 is 1. The fourth-order valence-electron chi connectivity index (χ4n) is 7.21. The number of carbonyl (C=O) groups is 1. The quantitative estimate of drug-likeness (QED) is 0.0564. The van der Waals surface area contributed by atoms with E-state index in [4.69, 9.17) is 24.0 Å². The smallest absolute Gasteiger partial charge is 0.355 e. The summed E-state index contributed by atoms with van der Waals surface area (Å²) in [5.74, 6) is 0.579. The van der Waals surface area contributed by atoms with E-state index in [0.29, 0.717) is 63.6 Å². The van der Waals surface area contributed by atoms with Crippen molar-refractivity contribution in [2.75, 3.05) is 66.8 Å². The monoisotopic (exact) mass is 795 g/mol. The Hall–Kier alpha value is -3.45. The molecule has 0 saturated carbocycles. The molecule has 1 saturated heterocycles. The second kappa shape index (κ2) is 19.6. The van der Waals surface area contributed by atoms with Gasteiger partial charge in [-0.1, -0.05) is 70.5 Å². The van der Waals surface area contributed by atoms with E-state index in [-0.39, 0.29) is 18.4 Å². The molecule has 0 bridgehead atoms. The first-order valence-corrected chi connectivity index (χ1v) is 19.2. The molecule has 6 rings (SSSR count). The Morgan fingerprint density at radius 3 is 2.52 bits per heavy atom. The number of benzene rings is 3. The van der Waals surface area contributed by atoms with E-state index in [1.165, 1.54) is 0 Å². The summed E-state index contributed by atoms with van der Waals surface area (Å²) in [4.78, 5) is 16.4. The zero-order valence-corrected chi connectivity index (χ0v) is 32.9. The lowest BCUT2D eigenvalue weighted by Crippen LogP contribution is -2.36. The molecule has 280 valence electrons. The van der Waals surface area contributed by atoms with E-state index in [0.717, 1.165) is 94.5 Å². The van der Waals surface area contributed by atoms with E-state index >= 15 is 0 Å². The molecule has 12 heteroatoms. The van der Waals surface area contributed by atoms with E-state index in [1.54, 1.807) is 7.11 Å². The average molecular weight is 797 g/mol. The van der Waals surface area contributed by atoms with Gasteiger partial charge in [0.2, 0.25) is 0 Å². The van der Waals surface area contributed by atoms with Gasteiger partial charge < -0.3 is 28.8 Å². The Balaban J connectivity index is 0.00000523. The third-order valence-corrected chi connectivity index (χ3v) is 10.1. The first-order valence-electron chi connectivity index (χ1n) is 18.1. The third-order valence-electron chi connectivity index (χ3n) is 9.55. The summed E-state index contributed by atoms with van der Waals surface area (Å²) >= 11 is 3.78. The first-order chi connectivity index (χ1) is 25.1. The maximum atomic E-state index is 14.0. The van der Waals surface area contributed by atoms with Crippen LogP contribution in [0.1, 0.15) is 47.2 Å². The highest BCUT2D eigenvalue weighted by Gasteiger charge is 2.29. The molecule has 2 aromatic heterocycles. The predicted molar refractivity (Wildman–Crippen MR) is 213 cm³/mol. The lowest BCUT2D eigenvalue weighted by molar-refractivity contribution is 0.0329. The van der Waals surface area contributed by atoms with Crippen LogP contribution in [0.15, 0.2) is 60.7 Å². The zero-order chi connectivity index (χ0) is 35.6. The summed E-state index contributed by atoms with van der Waals surface area (Å²) in [5.41, 5.74) is 6.95. The van der Waals surface area contributed by atoms with Gasteiger partial charge in [0.05, 0.1) is 56.5 Å². The molecule has 0 amide bonds. The molecular formula is C40H51BrClN5O5. The SMILES string of the molecule is CCOC(=O)c1c(CCCOc2cccc3ccccc23)c2cccc(-c3c(CBr)nn(CCOC)c3CN3CCOCC3)c2n1CCCNC.Cl. The van der Waals surface area contributed by atoms with E-state index in [1.807, 2.05) is 38.2 Å². The minimum Gasteiger partial charge on any atom is -0.493 e. The fraction of sp³-hybridized carbons (Fsp3) is 0.450. The summed E-state index contributed by atoms with van der Waals surface area (Å²) in [6, 6.07) is 20.9. The highest BCUT2D eigenvalue weighted by Crippen LogP contribution is 2.40. The molecule has 1 N–H and O–H groups in total. The van der Waals surface area contributed by atoms with E-state index in [2.05, 4.69) is 71.8 Å². The number of hydrogen-bond acceptors (Lipinski definition) is 8. The molecule has 0 aliphatic carbocycles. The van der Waals surface area contributed by atoms with Crippen molar-refractivity contribution in [3.8, 4) is 16.9 Å². The van der Waals surface area contributed by atoms with Crippen molar-refractivity contribution in [1.82, 2.24) is 24.6 Å². The standard InChI is InChI=1S/C40H50BrN5O5.ClH/c1-4-50-40(47)39-32(16-9-23-51-36-17-7-12-29-11-5-6-13-30(29)36)31-14-8-15-33(38(31)45(39)19-10-18-42-2)37-34(27-41)43-46(22-24-48-3)35(37)28-44-20-25-49-26-21-44;/h5-8,11-15,17,42H,4,9-10,16,18-28H2,1-3H3;1H. The minimum absolute atomic E-state index is 0. The van der Waals surface area contributed by atoms with E-state index in [9.17, 15) is 4.79 Å². The fourth-order valence-corrected chi connectivity index (χ4v) is 7.60. The van der Waals surface area contributed by atoms with Gasteiger partial charge in [0.1, 0.15) is 11.4 Å². The van der Waals surface area contributed by atoms with Gasteiger partial charge in [-0.05, 0) is 56.8 Å². The Kier molecular flexibility index (Phi) is 15.0. The van der Waals surface area contributed by atoms with Gasteiger partial charge in [-0.3, -0.25) is 9.58 Å². The van der Waals surface area contributed by atoms with Crippen LogP contribution in [0.3, 0.4) is 0 Å². The summed E-state index contributed by atoms with van der Waals surface area (Å²) in [6.07, 6.45) is 2.25. The molecule has 0 radical (unpaired) electrons. The van der Waals surface area contributed by atoms with Crippen LogP contribution in [0.2, 0.25) is 0 Å². The Morgan fingerprint density at radius 2 is 1.75 bits per heavy atom. The van der Waals surface area contributed by atoms with Gasteiger partial charge in [-0.2, -0.15) is 5.10 Å². The molecule has 0 atom stereocenters. The van der Waals surface area contributed by atoms with Crippen molar-refractivity contribution in [2.24, 2.45) is 0 Å². The van der Waals surface area contributed by atoms with Crippen LogP contribution in [0.5, 0.6) is 5.75 Å². The van der Waals surface area contributed by atoms with Crippen LogP contribution >= 0.6 is 28.3 Å². The number of esters is 1. The average Bonchev–Trinajstić information content (AvgIpc) is 3.67. The van der Waals surface area contributed by atoms with Crippen LogP contribution in [-0.2, 0) is 45.6 Å². The molecule has 52 heavy (non-hydrogen) atoms. The van der Waals surface area contributed by atoms with Crippen LogP contribution in [-0.4, -0.2) is 92.0 Å². The highest BCUT2D eigenvalue weighted by atomic mass is 79.9. The number of alkyl halides is 1. The van der Waals surface area contributed by atoms with Gasteiger partial charge in [0, 0.05) is 60.5 Å². The second-order valence-corrected chi connectivity index (χ2v) is 13.4. The second-order valence-electron chi connectivity index (χ2n) is 12.8. The van der Waals surface area contributed by atoms with Crippen molar-refractivity contribution >= 4 is 56.0 Å². The Morgan fingerprint density at radius 1 is 0.981 bits per heavy atom. The molecule has 3 aromatic carbocycles. The number of morpholine rings is 1. The number of hydrogen-bond donors (Lipinski definition) is 1. The Bertz CT molecular complexity index is 1920. The molecule has 1 aliphatic rings. The topological polar surface area (TPSA) is 92.0 Å². The first kappa shape index (κ1) is 39.8. The van der Waals surface area contributed by atoms with Crippen molar-refractivity contribution in [3.63, 3.8) is 0 Å². The molecule has 5 aromatic rings. The molecular weight excluding hydrogens is 746 g/mol. The predicted octanol–water partition coefficient (Wildman–Crippen LogP) is 7.25. The molecule has 0 spiro atoms. The van der Waals surface area contributed by atoms with Gasteiger partial charge in [-0.25, -0.2) is 4.79 Å². The minimum atomic E-state index is -0.292. The maximum Gasteiger partial charge on any atom is 0.355 e. The number of aryl methyl sites for hydroxylation is 2. The number of ether oxygens (including phenoxy) is 4. The summed E-state index contributed by atoms with van der Waals surface area (Å²) in [5, 5.41) is 12.3. The number of aromatic nitrogens is 3. The van der Waals surface area contributed by atoms with Crippen LogP contribution < -0.4 is 10.1 Å². The van der Waals surface area contributed by atoms with Gasteiger partial charge in [0.25, 0.3) is 0 Å². The number of rotatable bonds is 18. The molecule has 0 unspecified atom stereocenters. The molecule has 1 aliphatic heterocycles. The summed E-state index contributed by atoms with van der Waals surface area (Å²) in [7, 11) is 3.68. The third kappa shape index (κ3) is 8.84. The lowest BCUT2D eigenvalue weighted by Gasteiger charge is -2.27. The largest absolute Gasteiger partial charge is 0.493 e. The summed E-state index contributed by atoms with van der Waals surface area (Å²) < 4.78 is 27.6. The number of nitrogens with zero attached hydrogens (tertiary/aromatic N) is 4. The summed E-state index contributed by atoms with van der Waals surface area (Å²) in [6.45, 7) is 9.27. The number of carbonyl (C=O) groups excluding carboxylic acids is 1. The van der Waals surface area contributed by atoms with Crippen LogP contribution in [0.4, 0.5) is 0 Å². The molecule has 3 heterocycles. The Labute approximate surface area is 321 Å². The lowest BCUT2D eigenvalue weighted by atomic mass is 9.98. The molecule has 10 nitrogen and oxygen atoms in total. The van der Waals surface area contributed by atoms with Gasteiger partial charge in [0.15, 0.2) is 0 Å². The normalized spacial score (nSPS) is 13.5. The van der Waals surface area contributed by atoms with Crippen molar-refractivity contribution in [3.05, 3.63) is 83.3 Å². The maximum absolute atomic E-state index is 14.0. The van der Waals surface area contributed by atoms with Crippen LogP contribution in [0.25, 0.3) is 32.8 Å². The van der Waals surface area contributed by atoms with Crippen LogP contribution in [0, 0.1) is 0 Å². The number of para-hydroxylation sites is 1. The van der Waals surface area contributed by atoms with Gasteiger partial charge >= 0.3 is 5.97 Å². The van der Waals surface area contributed by atoms with E-state index < -0.39 is 0 Å². The number of fused-ring (bicyclic) bond motifs is 2. The number of nitrogens with one attached hydrogen (secondary N) is 1. The van der Waals surface area contributed by atoms with Crippen molar-refractivity contribution in [2.45, 2.75) is 51.2 Å². The highest BCUT2D eigenvalue weighted by molar-refractivity contribution is 9.08. The zero-order valence-electron chi connectivity index (χ0n) is 30.5. The number of halogens is 2.